The third-order valence-electron chi connectivity index (χ3n) is 3.65. The van der Waals surface area contributed by atoms with Gasteiger partial charge < -0.3 is 15.0 Å². The van der Waals surface area contributed by atoms with Gasteiger partial charge in [-0.05, 0) is 18.6 Å². The molecule has 0 aliphatic carbocycles. The van der Waals surface area contributed by atoms with Crippen LogP contribution in [0.2, 0.25) is 5.02 Å². The Kier molecular flexibility index (Phi) is 4.57. The van der Waals surface area contributed by atoms with Gasteiger partial charge in [0.1, 0.15) is 17.8 Å². The number of hydrogen-bond donors (Lipinski definition) is 1. The van der Waals surface area contributed by atoms with Crippen molar-refractivity contribution in [3.8, 4) is 5.88 Å². The van der Waals surface area contributed by atoms with Crippen LogP contribution in [0.1, 0.15) is 16.9 Å². The molecule has 0 bridgehead atoms. The Labute approximate surface area is 138 Å². The largest absolute Gasteiger partial charge is 0.481 e. The second-order valence-corrected chi connectivity index (χ2v) is 5.57. The number of halogens is 1. The third kappa shape index (κ3) is 3.50. The van der Waals surface area contributed by atoms with E-state index in [-0.39, 0.29) is 17.6 Å². The maximum Gasteiger partial charge on any atom is 0.270 e. The first-order valence-corrected chi connectivity index (χ1v) is 7.57. The third-order valence-corrected chi connectivity index (χ3v) is 3.94. The minimum absolute atomic E-state index is 0.0153. The molecule has 23 heavy (non-hydrogen) atoms. The summed E-state index contributed by atoms with van der Waals surface area (Å²) in [5.41, 5.74) is 0.283. The van der Waals surface area contributed by atoms with Crippen molar-refractivity contribution in [3.63, 3.8) is 0 Å². The van der Waals surface area contributed by atoms with E-state index >= 15 is 0 Å². The van der Waals surface area contributed by atoms with E-state index in [1.807, 2.05) is 6.07 Å². The zero-order chi connectivity index (χ0) is 16.2. The molecule has 120 valence electrons. The van der Waals surface area contributed by atoms with Gasteiger partial charge in [-0.15, -0.1) is 0 Å². The van der Waals surface area contributed by atoms with Gasteiger partial charge in [0.05, 0.1) is 12.1 Å². The van der Waals surface area contributed by atoms with Crippen molar-refractivity contribution < 1.29 is 9.53 Å². The number of aromatic nitrogens is 3. The SMILES string of the molecule is COc1cc(C(=O)NC2CCN(c3ncccc3Cl)C2)ncn1. The molecule has 3 heterocycles. The fourth-order valence-electron chi connectivity index (χ4n) is 2.52. The minimum Gasteiger partial charge on any atom is -0.481 e. The number of hydrogen-bond acceptors (Lipinski definition) is 6. The molecule has 2 aromatic rings. The molecule has 1 saturated heterocycles. The molecule has 1 aliphatic rings. The number of nitrogens with zero attached hydrogens (tertiary/aromatic N) is 4. The van der Waals surface area contributed by atoms with Crippen molar-refractivity contribution in [2.24, 2.45) is 0 Å². The van der Waals surface area contributed by atoms with Gasteiger partial charge in [0, 0.05) is 31.4 Å². The lowest BCUT2D eigenvalue weighted by molar-refractivity contribution is 0.0934. The summed E-state index contributed by atoms with van der Waals surface area (Å²) in [4.78, 5) is 26.5. The van der Waals surface area contributed by atoms with E-state index in [0.717, 1.165) is 18.8 Å². The number of anilines is 1. The molecular weight excluding hydrogens is 318 g/mol. The highest BCUT2D eigenvalue weighted by molar-refractivity contribution is 6.32. The van der Waals surface area contributed by atoms with Crippen LogP contribution < -0.4 is 15.0 Å². The number of amides is 1. The minimum atomic E-state index is -0.246. The molecule has 1 unspecified atom stereocenters. The van der Waals surface area contributed by atoms with Crippen LogP contribution >= 0.6 is 11.6 Å². The molecule has 0 saturated carbocycles. The average Bonchev–Trinajstić information content (AvgIpc) is 3.03. The van der Waals surface area contributed by atoms with Gasteiger partial charge in [0.2, 0.25) is 5.88 Å². The second-order valence-electron chi connectivity index (χ2n) is 5.16. The standard InChI is InChI=1S/C15H16ClN5O2/c1-23-13-7-12(18-9-19-13)15(22)20-10-4-6-21(8-10)14-11(16)3-2-5-17-14/h2-3,5,7,9-10H,4,6,8H2,1H3,(H,20,22). The lowest BCUT2D eigenvalue weighted by Crippen LogP contribution is -2.37. The van der Waals surface area contributed by atoms with Crippen LogP contribution in [0.3, 0.4) is 0 Å². The Morgan fingerprint density at radius 2 is 2.30 bits per heavy atom. The van der Waals surface area contributed by atoms with Gasteiger partial charge in [-0.3, -0.25) is 4.79 Å². The summed E-state index contributed by atoms with van der Waals surface area (Å²) in [6.45, 7) is 1.44. The van der Waals surface area contributed by atoms with Crippen molar-refractivity contribution in [2.45, 2.75) is 12.5 Å². The van der Waals surface area contributed by atoms with Gasteiger partial charge in [0.15, 0.2) is 0 Å². The van der Waals surface area contributed by atoms with Crippen molar-refractivity contribution >= 4 is 23.3 Å². The summed E-state index contributed by atoms with van der Waals surface area (Å²) >= 11 is 6.16. The maximum atomic E-state index is 12.3. The van der Waals surface area contributed by atoms with Crippen molar-refractivity contribution in [2.75, 3.05) is 25.1 Å². The number of carbonyl (C=O) groups excluding carboxylic acids is 1. The number of ether oxygens (including phenoxy) is 1. The van der Waals surface area contributed by atoms with Gasteiger partial charge in [-0.25, -0.2) is 15.0 Å². The molecule has 0 radical (unpaired) electrons. The van der Waals surface area contributed by atoms with E-state index in [2.05, 4.69) is 25.2 Å². The van der Waals surface area contributed by atoms with Gasteiger partial charge in [-0.2, -0.15) is 0 Å². The van der Waals surface area contributed by atoms with E-state index in [1.54, 1.807) is 12.3 Å². The van der Waals surface area contributed by atoms with E-state index in [1.165, 1.54) is 19.5 Å². The Balaban J connectivity index is 1.63. The van der Waals surface area contributed by atoms with Crippen LogP contribution in [0, 0.1) is 0 Å². The topological polar surface area (TPSA) is 80.2 Å². The lowest BCUT2D eigenvalue weighted by Gasteiger charge is -2.18. The summed E-state index contributed by atoms with van der Waals surface area (Å²) in [6, 6.07) is 5.13. The van der Waals surface area contributed by atoms with E-state index in [0.29, 0.717) is 17.4 Å². The molecular formula is C15H16ClN5O2. The zero-order valence-electron chi connectivity index (χ0n) is 12.6. The van der Waals surface area contributed by atoms with Gasteiger partial charge >= 0.3 is 0 Å². The maximum absolute atomic E-state index is 12.3. The fourth-order valence-corrected chi connectivity index (χ4v) is 2.76. The molecule has 8 heteroatoms. The molecule has 3 rings (SSSR count). The Hall–Kier alpha value is -2.41. The summed E-state index contributed by atoms with van der Waals surface area (Å²) in [5, 5.41) is 3.58. The Morgan fingerprint density at radius 1 is 1.43 bits per heavy atom. The van der Waals surface area contributed by atoms with E-state index in [4.69, 9.17) is 16.3 Å². The number of nitrogens with one attached hydrogen (secondary N) is 1. The van der Waals surface area contributed by atoms with Crippen molar-refractivity contribution in [1.82, 2.24) is 20.3 Å². The van der Waals surface area contributed by atoms with Crippen LogP contribution in [0.4, 0.5) is 5.82 Å². The summed E-state index contributed by atoms with van der Waals surface area (Å²) in [5.74, 6) is 0.859. The fraction of sp³-hybridized carbons (Fsp3) is 0.333. The molecule has 1 amide bonds. The summed E-state index contributed by atoms with van der Waals surface area (Å²) in [6.07, 6.45) is 3.84. The van der Waals surface area contributed by atoms with E-state index in [9.17, 15) is 4.79 Å². The number of pyridine rings is 1. The molecule has 7 nitrogen and oxygen atoms in total. The second kappa shape index (κ2) is 6.78. The van der Waals surface area contributed by atoms with Gasteiger partial charge in [0.25, 0.3) is 5.91 Å². The molecule has 2 aromatic heterocycles. The Bertz CT molecular complexity index is 712. The predicted octanol–water partition coefficient (Wildman–Crippen LogP) is 1.54. The molecule has 1 aliphatic heterocycles. The van der Waals surface area contributed by atoms with Crippen LogP contribution in [-0.2, 0) is 0 Å². The molecule has 1 fully saturated rings. The summed E-state index contributed by atoms with van der Waals surface area (Å²) in [7, 11) is 1.50. The highest BCUT2D eigenvalue weighted by Crippen LogP contribution is 2.25. The predicted molar refractivity (Wildman–Crippen MR) is 85.9 cm³/mol. The van der Waals surface area contributed by atoms with Crippen LogP contribution in [0.15, 0.2) is 30.7 Å². The van der Waals surface area contributed by atoms with Crippen molar-refractivity contribution in [3.05, 3.63) is 41.4 Å². The first-order valence-electron chi connectivity index (χ1n) is 7.19. The zero-order valence-corrected chi connectivity index (χ0v) is 13.3. The number of rotatable bonds is 4. The highest BCUT2D eigenvalue weighted by Gasteiger charge is 2.26. The van der Waals surface area contributed by atoms with Gasteiger partial charge in [-0.1, -0.05) is 11.6 Å². The highest BCUT2D eigenvalue weighted by atomic mass is 35.5. The number of carbonyl (C=O) groups is 1. The Morgan fingerprint density at radius 3 is 3.09 bits per heavy atom. The quantitative estimate of drug-likeness (QED) is 0.914. The molecule has 1 N–H and O–H groups in total. The lowest BCUT2D eigenvalue weighted by atomic mass is 10.2. The van der Waals surface area contributed by atoms with Crippen molar-refractivity contribution in [1.29, 1.82) is 0 Å². The molecule has 0 spiro atoms. The van der Waals surface area contributed by atoms with Crippen LogP contribution in [0.25, 0.3) is 0 Å². The van der Waals surface area contributed by atoms with Crippen LogP contribution in [-0.4, -0.2) is 47.1 Å². The number of methoxy groups -OCH3 is 1. The molecule has 1 atom stereocenters. The monoisotopic (exact) mass is 333 g/mol. The molecule has 0 aromatic carbocycles. The first kappa shape index (κ1) is 15.5. The summed E-state index contributed by atoms with van der Waals surface area (Å²) < 4.78 is 5.00. The average molecular weight is 334 g/mol. The first-order chi connectivity index (χ1) is 11.2. The normalized spacial score (nSPS) is 17.1. The van der Waals surface area contributed by atoms with Crippen LogP contribution in [0.5, 0.6) is 5.88 Å². The smallest absolute Gasteiger partial charge is 0.270 e. The van der Waals surface area contributed by atoms with E-state index < -0.39 is 0 Å².